The first-order chi connectivity index (χ1) is 14.4. The average molecular weight is 442 g/mol. The Labute approximate surface area is 184 Å². The number of halogens is 2. The maximum Gasteiger partial charge on any atom is 0.251 e. The molecule has 0 radical (unpaired) electrons. The zero-order valence-corrected chi connectivity index (χ0v) is 18.4. The molecular weight excluding hydrogens is 421 g/mol. The summed E-state index contributed by atoms with van der Waals surface area (Å²) < 4.78 is 7.87. The van der Waals surface area contributed by atoms with Crippen molar-refractivity contribution in [1.82, 2.24) is 14.9 Å². The van der Waals surface area contributed by atoms with E-state index < -0.39 is 0 Å². The second-order valence-corrected chi connectivity index (χ2v) is 7.99. The fourth-order valence-electron chi connectivity index (χ4n) is 3.71. The molecule has 7 heteroatoms. The fraction of sp³-hybridized carbons (Fsp3) is 0.217. The topological polar surface area (TPSA) is 59.5 Å². The lowest BCUT2D eigenvalue weighted by Gasteiger charge is -2.16. The van der Waals surface area contributed by atoms with Gasteiger partial charge in [-0.05, 0) is 50.6 Å². The Hall–Kier alpha value is -2.76. The van der Waals surface area contributed by atoms with E-state index in [1.165, 1.54) is 0 Å². The highest BCUT2D eigenvalue weighted by atomic mass is 35.5. The van der Waals surface area contributed by atoms with Gasteiger partial charge >= 0.3 is 0 Å². The highest BCUT2D eigenvalue weighted by Crippen LogP contribution is 2.37. The molecule has 5 nitrogen and oxygen atoms in total. The summed E-state index contributed by atoms with van der Waals surface area (Å²) >= 11 is 12.5. The molecule has 4 rings (SSSR count). The number of nitrogens with one attached hydrogen (secondary N) is 1. The van der Waals surface area contributed by atoms with Gasteiger partial charge in [0.05, 0.1) is 22.3 Å². The van der Waals surface area contributed by atoms with Crippen molar-refractivity contribution in [2.45, 2.75) is 33.2 Å². The first-order valence-electron chi connectivity index (χ1n) is 9.70. The summed E-state index contributed by atoms with van der Waals surface area (Å²) in [6.45, 7) is 5.81. The van der Waals surface area contributed by atoms with Crippen LogP contribution in [0.3, 0.4) is 0 Å². The number of rotatable bonds is 5. The fourth-order valence-corrected chi connectivity index (χ4v) is 4.20. The quantitative estimate of drug-likeness (QED) is 0.389. The zero-order chi connectivity index (χ0) is 21.4. The number of hydrogen-bond acceptors (Lipinski definition) is 3. The van der Waals surface area contributed by atoms with E-state index in [1.807, 2.05) is 45.0 Å². The molecule has 0 spiro atoms. The molecule has 1 amide bonds. The molecule has 1 N–H and O–H groups in total. The van der Waals surface area contributed by atoms with Gasteiger partial charge in [-0.25, -0.2) is 0 Å². The van der Waals surface area contributed by atoms with Crippen molar-refractivity contribution in [1.29, 1.82) is 0 Å². The van der Waals surface area contributed by atoms with Crippen LogP contribution in [0.1, 0.15) is 46.8 Å². The van der Waals surface area contributed by atoms with Crippen molar-refractivity contribution in [3.63, 3.8) is 0 Å². The summed E-state index contributed by atoms with van der Waals surface area (Å²) in [6.07, 6.45) is 0.692. The van der Waals surface area contributed by atoms with Crippen LogP contribution >= 0.6 is 23.2 Å². The molecule has 2 heterocycles. The van der Waals surface area contributed by atoms with Crippen molar-refractivity contribution in [2.24, 2.45) is 0 Å². The summed E-state index contributed by atoms with van der Waals surface area (Å²) in [7, 11) is 0. The largest absolute Gasteiger partial charge is 0.441 e. The number of nitrogens with zero attached hydrogens (tertiary/aromatic N) is 2. The van der Waals surface area contributed by atoms with Gasteiger partial charge in [-0.3, -0.25) is 4.79 Å². The van der Waals surface area contributed by atoms with Gasteiger partial charge in [0.25, 0.3) is 5.91 Å². The van der Waals surface area contributed by atoms with Crippen LogP contribution in [0.25, 0.3) is 17.0 Å². The summed E-state index contributed by atoms with van der Waals surface area (Å²) in [6, 6.07) is 14.3. The number of aromatic nitrogens is 2. The zero-order valence-electron chi connectivity index (χ0n) is 16.9. The number of aryl methyl sites for hydroxylation is 2. The van der Waals surface area contributed by atoms with Crippen molar-refractivity contribution < 1.29 is 9.21 Å². The average Bonchev–Trinajstić information content (AvgIpc) is 3.20. The minimum absolute atomic E-state index is 0.134. The lowest BCUT2D eigenvalue weighted by Crippen LogP contribution is -2.28. The highest BCUT2D eigenvalue weighted by Gasteiger charge is 2.27. The van der Waals surface area contributed by atoms with Crippen molar-refractivity contribution in [3.05, 3.63) is 81.2 Å². The summed E-state index contributed by atoms with van der Waals surface area (Å²) in [5, 5.41) is 8.90. The lowest BCUT2D eigenvalue weighted by molar-refractivity contribution is 0.0935. The summed E-state index contributed by atoms with van der Waals surface area (Å²) in [4.78, 5) is 12.7. The van der Waals surface area contributed by atoms with Gasteiger partial charge in [0.15, 0.2) is 0 Å². The Morgan fingerprint density at radius 1 is 1.17 bits per heavy atom. The van der Waals surface area contributed by atoms with E-state index in [1.54, 1.807) is 28.8 Å². The molecule has 1 atom stereocenters. The third kappa shape index (κ3) is 3.59. The highest BCUT2D eigenvalue weighted by molar-refractivity contribution is 6.36. The van der Waals surface area contributed by atoms with Gasteiger partial charge in [0.2, 0.25) is 5.71 Å². The number of oxazole rings is 1. The van der Waals surface area contributed by atoms with Gasteiger partial charge in [0.1, 0.15) is 11.5 Å². The smallest absolute Gasteiger partial charge is 0.251 e. The van der Waals surface area contributed by atoms with Crippen LogP contribution in [-0.2, 0) is 0 Å². The van der Waals surface area contributed by atoms with Gasteiger partial charge in [0, 0.05) is 16.1 Å². The van der Waals surface area contributed by atoms with Crippen LogP contribution in [0, 0.1) is 13.8 Å². The molecule has 0 aliphatic carbocycles. The van der Waals surface area contributed by atoms with Crippen LogP contribution < -0.4 is 5.32 Å². The molecule has 0 saturated heterocycles. The number of benzene rings is 2. The maximum atomic E-state index is 12.7. The van der Waals surface area contributed by atoms with Crippen molar-refractivity contribution >= 4 is 34.8 Å². The van der Waals surface area contributed by atoms with Crippen molar-refractivity contribution in [3.8, 4) is 11.3 Å². The van der Waals surface area contributed by atoms with E-state index in [0.29, 0.717) is 33.5 Å². The number of carbonyl (C=O) groups is 1. The molecule has 0 fully saturated rings. The molecule has 154 valence electrons. The Bertz CT molecular complexity index is 1230. The Morgan fingerprint density at radius 2 is 1.90 bits per heavy atom. The first-order valence-corrected chi connectivity index (χ1v) is 10.5. The van der Waals surface area contributed by atoms with Crippen LogP contribution in [0.4, 0.5) is 0 Å². The minimum atomic E-state index is -0.241. The van der Waals surface area contributed by atoms with E-state index in [2.05, 4.69) is 5.32 Å². The molecule has 2 aromatic heterocycles. The molecule has 0 aliphatic heterocycles. The lowest BCUT2D eigenvalue weighted by atomic mass is 10.0. The molecule has 0 saturated carbocycles. The van der Waals surface area contributed by atoms with E-state index in [0.717, 1.165) is 22.5 Å². The molecule has 2 aromatic carbocycles. The molecule has 30 heavy (non-hydrogen) atoms. The number of fused-ring (bicyclic) bond motifs is 1. The van der Waals surface area contributed by atoms with E-state index in [4.69, 9.17) is 32.7 Å². The molecule has 4 aromatic rings. The van der Waals surface area contributed by atoms with E-state index >= 15 is 0 Å². The van der Waals surface area contributed by atoms with Crippen LogP contribution in [-0.4, -0.2) is 15.5 Å². The predicted octanol–water partition coefficient (Wildman–Crippen LogP) is 6.40. The maximum absolute atomic E-state index is 12.7. The molecular formula is C23H21Cl2N3O2. The molecule has 0 aliphatic rings. The number of carbonyl (C=O) groups excluding carboxylic acids is 1. The third-order valence-electron chi connectivity index (χ3n) is 5.14. The molecule has 0 bridgehead atoms. The third-order valence-corrected chi connectivity index (χ3v) is 5.69. The van der Waals surface area contributed by atoms with E-state index in [-0.39, 0.29) is 11.9 Å². The van der Waals surface area contributed by atoms with Gasteiger partial charge in [-0.15, -0.1) is 0 Å². The molecule has 1 unspecified atom stereocenters. The summed E-state index contributed by atoms with van der Waals surface area (Å²) in [5.74, 6) is 0.553. The van der Waals surface area contributed by atoms with E-state index in [9.17, 15) is 4.79 Å². The first kappa shape index (κ1) is 20.5. The van der Waals surface area contributed by atoms with Gasteiger partial charge in [-0.1, -0.05) is 48.3 Å². The number of hydrogen-bond donors (Lipinski definition) is 1. The van der Waals surface area contributed by atoms with Crippen LogP contribution in [0.2, 0.25) is 10.0 Å². The van der Waals surface area contributed by atoms with Crippen LogP contribution in [0.15, 0.2) is 52.9 Å². The Morgan fingerprint density at radius 3 is 2.57 bits per heavy atom. The summed E-state index contributed by atoms with van der Waals surface area (Å²) in [5.41, 5.74) is 4.42. The number of amides is 1. The van der Waals surface area contributed by atoms with Gasteiger partial charge in [-0.2, -0.15) is 9.61 Å². The normalized spacial score (nSPS) is 12.3. The Kier molecular flexibility index (Phi) is 5.58. The minimum Gasteiger partial charge on any atom is -0.441 e. The SMILES string of the molecule is CCC(NC(=O)c1ccccc1)c1c(C)nn2c(-c3ccc(Cl)cc3Cl)c(C)oc12. The predicted molar refractivity (Wildman–Crippen MR) is 119 cm³/mol. The second kappa shape index (κ2) is 8.17. The second-order valence-electron chi connectivity index (χ2n) is 7.15. The van der Waals surface area contributed by atoms with Crippen LogP contribution in [0.5, 0.6) is 0 Å². The van der Waals surface area contributed by atoms with Crippen molar-refractivity contribution in [2.75, 3.05) is 0 Å². The Balaban J connectivity index is 1.78. The van der Waals surface area contributed by atoms with Gasteiger partial charge < -0.3 is 9.73 Å². The standard InChI is InChI=1S/C23H21Cl2N3O2/c1-4-19(26-22(29)15-8-6-5-7-9-15)20-13(2)27-28-21(14(3)30-23(20)28)17-11-10-16(24)12-18(17)25/h5-12,19H,4H2,1-3H3,(H,26,29). The monoisotopic (exact) mass is 441 g/mol.